The maximum absolute atomic E-state index is 10.9. The Bertz CT molecular complexity index is 584. The van der Waals surface area contributed by atoms with E-state index in [2.05, 4.69) is 20.3 Å². The summed E-state index contributed by atoms with van der Waals surface area (Å²) in [4.78, 5) is 14.7. The summed E-state index contributed by atoms with van der Waals surface area (Å²) in [5.41, 5.74) is 0.347. The van der Waals surface area contributed by atoms with Crippen LogP contribution in [0, 0.1) is 10.1 Å². The lowest BCUT2D eigenvalue weighted by atomic mass is 10.2. The van der Waals surface area contributed by atoms with Crippen molar-refractivity contribution in [3.63, 3.8) is 0 Å². The van der Waals surface area contributed by atoms with E-state index in [-0.39, 0.29) is 5.69 Å². The summed E-state index contributed by atoms with van der Waals surface area (Å²) in [6.45, 7) is 0. The zero-order chi connectivity index (χ0) is 13.0. The Balaban J connectivity index is 2.37. The summed E-state index contributed by atoms with van der Waals surface area (Å²) in [6.07, 6.45) is 2.44. The summed E-state index contributed by atoms with van der Waals surface area (Å²) >= 11 is 1.10. The fraction of sp³-hybridized carbons (Fsp3) is 0. The van der Waals surface area contributed by atoms with Gasteiger partial charge in [0.05, 0.1) is 16.0 Å². The average Bonchev–Trinajstić information content (AvgIpc) is 2.84. The normalized spacial score (nSPS) is 10.9. The van der Waals surface area contributed by atoms with E-state index in [9.17, 15) is 10.1 Å². The third-order valence-electron chi connectivity index (χ3n) is 1.99. The second-order valence-corrected chi connectivity index (χ2v) is 4.15. The maximum atomic E-state index is 10.9. The van der Waals surface area contributed by atoms with Crippen LogP contribution >= 0.6 is 11.8 Å². The second kappa shape index (κ2) is 5.27. The molecule has 0 saturated heterocycles. The number of hydrogen-bond donors (Lipinski definition) is 2. The zero-order valence-corrected chi connectivity index (χ0v) is 9.66. The molecule has 0 unspecified atom stereocenters. The van der Waals surface area contributed by atoms with E-state index in [1.807, 2.05) is 0 Å². The van der Waals surface area contributed by atoms with E-state index in [0.717, 1.165) is 18.0 Å². The highest BCUT2D eigenvalue weighted by atomic mass is 32.2. The topological polar surface area (TPSA) is 117 Å². The summed E-state index contributed by atoms with van der Waals surface area (Å²) in [5.74, 6) is 0. The molecular weight excluding hydrogens is 258 g/mol. The van der Waals surface area contributed by atoms with E-state index in [4.69, 9.17) is 5.21 Å². The van der Waals surface area contributed by atoms with Gasteiger partial charge in [0.1, 0.15) is 6.33 Å². The SMILES string of the molecule is O=[N+]([O-])c1cc(/C=N\O)ccc1Sc1ncn[nH]1. The van der Waals surface area contributed by atoms with Gasteiger partial charge < -0.3 is 5.21 Å². The molecule has 0 bridgehead atoms. The van der Waals surface area contributed by atoms with Crippen LogP contribution in [0.2, 0.25) is 0 Å². The van der Waals surface area contributed by atoms with Crippen molar-refractivity contribution in [3.8, 4) is 0 Å². The molecule has 92 valence electrons. The van der Waals surface area contributed by atoms with Crippen LogP contribution in [0.15, 0.2) is 39.7 Å². The first-order valence-electron chi connectivity index (χ1n) is 4.70. The van der Waals surface area contributed by atoms with Crippen LogP contribution in [0.3, 0.4) is 0 Å². The van der Waals surface area contributed by atoms with Crippen LogP contribution in [0.4, 0.5) is 5.69 Å². The third kappa shape index (κ3) is 2.63. The lowest BCUT2D eigenvalue weighted by Crippen LogP contribution is -1.93. The van der Waals surface area contributed by atoms with Crippen LogP contribution in [-0.2, 0) is 0 Å². The molecule has 0 fully saturated rings. The van der Waals surface area contributed by atoms with Gasteiger partial charge in [0.2, 0.25) is 0 Å². The van der Waals surface area contributed by atoms with Gasteiger partial charge in [-0.05, 0) is 17.8 Å². The zero-order valence-electron chi connectivity index (χ0n) is 8.85. The standard InChI is InChI=1S/C9H7N5O3S/c15-12-4-6-1-2-8(7(3-6)14(16)17)18-9-10-5-11-13-9/h1-5,15H,(H,10,11,13)/b12-4-. The molecule has 2 rings (SSSR count). The van der Waals surface area contributed by atoms with Crippen LogP contribution < -0.4 is 0 Å². The maximum Gasteiger partial charge on any atom is 0.283 e. The molecule has 0 atom stereocenters. The smallest absolute Gasteiger partial charge is 0.283 e. The van der Waals surface area contributed by atoms with Crippen molar-refractivity contribution in [3.05, 3.63) is 40.2 Å². The van der Waals surface area contributed by atoms with Crippen molar-refractivity contribution in [1.82, 2.24) is 15.2 Å². The van der Waals surface area contributed by atoms with Gasteiger partial charge in [0.15, 0.2) is 5.16 Å². The van der Waals surface area contributed by atoms with Crippen molar-refractivity contribution in [2.75, 3.05) is 0 Å². The Kier molecular flexibility index (Phi) is 3.53. The highest BCUT2D eigenvalue weighted by Gasteiger charge is 2.16. The predicted molar refractivity (Wildman–Crippen MR) is 63.0 cm³/mol. The molecule has 2 aromatic rings. The minimum Gasteiger partial charge on any atom is -0.411 e. The van der Waals surface area contributed by atoms with Gasteiger partial charge in [-0.25, -0.2) is 4.98 Å². The molecule has 0 amide bonds. The molecule has 1 heterocycles. The van der Waals surface area contributed by atoms with Crippen LogP contribution in [0.5, 0.6) is 0 Å². The lowest BCUT2D eigenvalue weighted by Gasteiger charge is -2.01. The molecule has 8 nitrogen and oxygen atoms in total. The van der Waals surface area contributed by atoms with E-state index in [1.54, 1.807) is 12.1 Å². The van der Waals surface area contributed by atoms with Crippen LogP contribution in [-0.4, -0.2) is 31.5 Å². The predicted octanol–water partition coefficient (Wildman–Crippen LogP) is 1.67. The first kappa shape index (κ1) is 12.0. The summed E-state index contributed by atoms with van der Waals surface area (Å²) in [6, 6.07) is 4.48. The van der Waals surface area contributed by atoms with Crippen molar-refractivity contribution in [2.45, 2.75) is 10.1 Å². The number of nitrogens with zero attached hydrogens (tertiary/aromatic N) is 4. The molecule has 0 aliphatic heterocycles. The number of nitro benzene ring substituents is 1. The fourth-order valence-corrected chi connectivity index (χ4v) is 2.04. The van der Waals surface area contributed by atoms with Gasteiger partial charge in [0, 0.05) is 11.6 Å². The van der Waals surface area contributed by atoms with E-state index in [0.29, 0.717) is 15.6 Å². The number of rotatable bonds is 4. The number of benzene rings is 1. The molecule has 1 aromatic carbocycles. The first-order valence-corrected chi connectivity index (χ1v) is 5.51. The molecule has 0 radical (unpaired) electrons. The highest BCUT2D eigenvalue weighted by Crippen LogP contribution is 2.33. The Morgan fingerprint density at radius 2 is 2.39 bits per heavy atom. The minimum atomic E-state index is -0.507. The summed E-state index contributed by atoms with van der Waals surface area (Å²) in [5, 5.41) is 28.9. The molecule has 0 saturated carbocycles. The quantitative estimate of drug-likeness (QED) is 0.376. The number of hydrogen-bond acceptors (Lipinski definition) is 7. The molecule has 2 N–H and O–H groups in total. The first-order chi connectivity index (χ1) is 8.70. The Morgan fingerprint density at radius 1 is 1.56 bits per heavy atom. The third-order valence-corrected chi connectivity index (χ3v) is 2.94. The monoisotopic (exact) mass is 265 g/mol. The van der Waals surface area contributed by atoms with Crippen molar-refractivity contribution in [2.24, 2.45) is 5.16 Å². The molecule has 9 heteroatoms. The number of H-pyrrole nitrogens is 1. The number of oxime groups is 1. The molecule has 1 aromatic heterocycles. The van der Waals surface area contributed by atoms with E-state index in [1.165, 1.54) is 12.4 Å². The fourth-order valence-electron chi connectivity index (χ4n) is 1.26. The Morgan fingerprint density at radius 3 is 3.00 bits per heavy atom. The molecule has 0 spiro atoms. The van der Waals surface area contributed by atoms with Crippen LogP contribution in [0.1, 0.15) is 5.56 Å². The molecular formula is C9H7N5O3S. The number of aromatic nitrogens is 3. The van der Waals surface area contributed by atoms with Crippen molar-refractivity contribution >= 4 is 23.7 Å². The Labute approximate surface area is 105 Å². The molecule has 18 heavy (non-hydrogen) atoms. The number of aromatic amines is 1. The number of nitrogens with one attached hydrogen (secondary N) is 1. The van der Waals surface area contributed by atoms with E-state index < -0.39 is 4.92 Å². The van der Waals surface area contributed by atoms with Gasteiger partial charge in [-0.1, -0.05) is 11.2 Å². The van der Waals surface area contributed by atoms with E-state index >= 15 is 0 Å². The number of nitro groups is 1. The van der Waals surface area contributed by atoms with Gasteiger partial charge in [-0.2, -0.15) is 5.10 Å². The van der Waals surface area contributed by atoms with Gasteiger partial charge in [-0.15, -0.1) is 0 Å². The Hall–Kier alpha value is -2.42. The molecule has 0 aliphatic rings. The van der Waals surface area contributed by atoms with Gasteiger partial charge in [-0.3, -0.25) is 15.2 Å². The lowest BCUT2D eigenvalue weighted by molar-refractivity contribution is -0.387. The largest absolute Gasteiger partial charge is 0.411 e. The minimum absolute atomic E-state index is 0.0891. The van der Waals surface area contributed by atoms with Gasteiger partial charge in [0.25, 0.3) is 5.69 Å². The summed E-state index contributed by atoms with van der Waals surface area (Å²) in [7, 11) is 0. The van der Waals surface area contributed by atoms with Crippen molar-refractivity contribution in [1.29, 1.82) is 0 Å². The van der Waals surface area contributed by atoms with Crippen LogP contribution in [0.25, 0.3) is 0 Å². The molecule has 0 aliphatic carbocycles. The highest BCUT2D eigenvalue weighted by molar-refractivity contribution is 7.99. The second-order valence-electron chi connectivity index (χ2n) is 3.12. The average molecular weight is 265 g/mol. The summed E-state index contributed by atoms with van der Waals surface area (Å²) < 4.78 is 0. The van der Waals surface area contributed by atoms with Crippen molar-refractivity contribution < 1.29 is 10.1 Å². The van der Waals surface area contributed by atoms with Gasteiger partial charge >= 0.3 is 0 Å².